The van der Waals surface area contributed by atoms with Gasteiger partial charge in [0.05, 0.1) is 0 Å². The highest BCUT2D eigenvalue weighted by molar-refractivity contribution is 7.91. The predicted octanol–water partition coefficient (Wildman–Crippen LogP) is 3.14. The maximum Gasteiger partial charge on any atom is 0.270 e. The molecular weight excluding hydrogens is 384 g/mol. The van der Waals surface area contributed by atoms with Crippen molar-refractivity contribution in [2.45, 2.75) is 24.2 Å². The van der Waals surface area contributed by atoms with Gasteiger partial charge < -0.3 is 0 Å². The second kappa shape index (κ2) is 7.95. The van der Waals surface area contributed by atoms with E-state index < -0.39 is 16.1 Å². The van der Waals surface area contributed by atoms with Gasteiger partial charge in [-0.05, 0) is 31.0 Å². The molecule has 0 fully saturated rings. The minimum Gasteiger partial charge on any atom is -0.296 e. The molecule has 7 nitrogen and oxygen atoms in total. The minimum atomic E-state index is -3.85. The number of nitrogens with one attached hydrogen (secondary N) is 2. The number of amides is 1. The van der Waals surface area contributed by atoms with Crippen LogP contribution in [0.3, 0.4) is 0 Å². The van der Waals surface area contributed by atoms with E-state index in [2.05, 4.69) is 20.2 Å². The Hall–Kier alpha value is -2.62. The van der Waals surface area contributed by atoms with Gasteiger partial charge in [0, 0.05) is 11.6 Å². The van der Waals surface area contributed by atoms with Crippen molar-refractivity contribution in [3.63, 3.8) is 0 Å². The van der Waals surface area contributed by atoms with Crippen LogP contribution in [0.5, 0.6) is 0 Å². The highest BCUT2D eigenvalue weighted by Crippen LogP contribution is 2.23. The van der Waals surface area contributed by atoms with Crippen molar-refractivity contribution in [1.29, 1.82) is 0 Å². The summed E-state index contributed by atoms with van der Waals surface area (Å²) < 4.78 is 27.4. The van der Waals surface area contributed by atoms with Crippen LogP contribution in [-0.4, -0.2) is 24.5 Å². The Morgan fingerprint density at radius 1 is 1.04 bits per heavy atom. The fourth-order valence-electron chi connectivity index (χ4n) is 2.45. The van der Waals surface area contributed by atoms with Crippen LogP contribution in [0, 0.1) is 6.92 Å². The lowest BCUT2D eigenvalue weighted by molar-refractivity contribution is 0.102. The zero-order valence-electron chi connectivity index (χ0n) is 14.7. The van der Waals surface area contributed by atoms with Crippen molar-refractivity contribution in [3.8, 4) is 0 Å². The fourth-order valence-corrected chi connectivity index (χ4v) is 4.60. The number of carbonyl (C=O) groups is 1. The van der Waals surface area contributed by atoms with Crippen LogP contribution < -0.4 is 10.0 Å². The molecule has 0 saturated heterocycles. The topological polar surface area (TPSA) is 101 Å². The van der Waals surface area contributed by atoms with Crippen molar-refractivity contribution in [3.05, 3.63) is 71.3 Å². The Morgan fingerprint density at radius 3 is 2.41 bits per heavy atom. The standard InChI is InChI=1S/C18H18N4O3S2/c1-12-8-6-7-11-15(12)16(23)19-17-20-21-18(26-17)27(24,25)22-13(2)14-9-4-3-5-10-14/h3-11,13,22H,1-2H3,(H,19,20,23)/t13-/m1/s1. The Morgan fingerprint density at radius 2 is 1.70 bits per heavy atom. The van der Waals surface area contributed by atoms with Gasteiger partial charge in [-0.15, -0.1) is 10.2 Å². The molecule has 0 spiro atoms. The van der Waals surface area contributed by atoms with Gasteiger partial charge in [-0.2, -0.15) is 0 Å². The second-order valence-corrected chi connectivity index (χ2v) is 8.76. The maximum absolute atomic E-state index is 12.5. The number of aromatic nitrogens is 2. The Bertz CT molecular complexity index is 1050. The van der Waals surface area contributed by atoms with E-state index in [0.717, 1.165) is 22.5 Å². The molecule has 1 aromatic heterocycles. The van der Waals surface area contributed by atoms with Crippen molar-refractivity contribution < 1.29 is 13.2 Å². The van der Waals surface area contributed by atoms with E-state index in [4.69, 9.17) is 0 Å². The quantitative estimate of drug-likeness (QED) is 0.617. The van der Waals surface area contributed by atoms with Crippen molar-refractivity contribution in [2.75, 3.05) is 5.32 Å². The molecule has 0 radical (unpaired) electrons. The molecule has 0 aliphatic rings. The fraction of sp³-hybridized carbons (Fsp3) is 0.167. The summed E-state index contributed by atoms with van der Waals surface area (Å²) in [6, 6.07) is 15.9. The third kappa shape index (κ3) is 4.57. The Kier molecular flexibility index (Phi) is 5.64. The lowest BCUT2D eigenvalue weighted by atomic mass is 10.1. The smallest absolute Gasteiger partial charge is 0.270 e. The van der Waals surface area contributed by atoms with Crippen LogP contribution in [0.2, 0.25) is 0 Å². The lowest BCUT2D eigenvalue weighted by Crippen LogP contribution is -2.26. The van der Waals surface area contributed by atoms with Gasteiger partial charge in [0.2, 0.25) is 9.47 Å². The summed E-state index contributed by atoms with van der Waals surface area (Å²) in [5.74, 6) is -0.362. The molecule has 0 aliphatic heterocycles. The van der Waals surface area contributed by atoms with Crippen molar-refractivity contribution >= 4 is 32.4 Å². The molecular formula is C18H18N4O3S2. The average Bonchev–Trinajstić information content (AvgIpc) is 3.12. The summed E-state index contributed by atoms with van der Waals surface area (Å²) >= 11 is 0.801. The summed E-state index contributed by atoms with van der Waals surface area (Å²) in [7, 11) is -3.85. The van der Waals surface area contributed by atoms with Crippen molar-refractivity contribution in [2.24, 2.45) is 0 Å². The van der Waals surface area contributed by atoms with E-state index in [1.54, 1.807) is 19.1 Å². The van der Waals surface area contributed by atoms with Crippen LogP contribution >= 0.6 is 11.3 Å². The Balaban J connectivity index is 1.73. The van der Waals surface area contributed by atoms with Gasteiger partial charge in [0.1, 0.15) is 0 Å². The van der Waals surface area contributed by atoms with Crippen LogP contribution in [0.1, 0.15) is 34.5 Å². The van der Waals surface area contributed by atoms with Gasteiger partial charge in [0.15, 0.2) is 0 Å². The number of hydrogen-bond donors (Lipinski definition) is 2. The van der Waals surface area contributed by atoms with Crippen LogP contribution in [-0.2, 0) is 10.0 Å². The predicted molar refractivity (Wildman–Crippen MR) is 104 cm³/mol. The molecule has 1 atom stereocenters. The molecule has 2 N–H and O–H groups in total. The molecule has 9 heteroatoms. The molecule has 2 aromatic carbocycles. The molecule has 140 valence electrons. The SMILES string of the molecule is Cc1ccccc1C(=O)Nc1nnc(S(=O)(=O)N[C@H](C)c2ccccc2)s1. The van der Waals surface area contributed by atoms with Crippen molar-refractivity contribution in [1.82, 2.24) is 14.9 Å². The van der Waals surface area contributed by atoms with Crippen LogP contribution in [0.15, 0.2) is 58.9 Å². The Labute approximate surface area is 161 Å². The first-order valence-electron chi connectivity index (χ1n) is 8.14. The molecule has 0 bridgehead atoms. The zero-order valence-corrected chi connectivity index (χ0v) is 16.3. The third-order valence-corrected chi connectivity index (χ3v) is 6.62. The number of carbonyl (C=O) groups excluding carboxylic acids is 1. The molecule has 0 unspecified atom stereocenters. The number of rotatable bonds is 6. The monoisotopic (exact) mass is 402 g/mol. The third-order valence-electron chi connectivity index (χ3n) is 3.88. The van der Waals surface area contributed by atoms with Crippen LogP contribution in [0.25, 0.3) is 0 Å². The second-order valence-electron chi connectivity index (χ2n) is 5.90. The first kappa shape index (κ1) is 19.2. The number of aryl methyl sites for hydroxylation is 1. The summed E-state index contributed by atoms with van der Waals surface area (Å²) in [5, 5.41) is 10.2. The van der Waals surface area contributed by atoms with Gasteiger partial charge in [-0.3, -0.25) is 10.1 Å². The van der Waals surface area contributed by atoms with E-state index in [-0.39, 0.29) is 15.4 Å². The molecule has 3 rings (SSSR count). The van der Waals surface area contributed by atoms with Gasteiger partial charge >= 0.3 is 0 Å². The van der Waals surface area contributed by atoms with Gasteiger partial charge in [-0.1, -0.05) is 59.9 Å². The average molecular weight is 403 g/mol. The van der Waals surface area contributed by atoms with E-state index >= 15 is 0 Å². The molecule has 1 heterocycles. The van der Waals surface area contributed by atoms with Crippen LogP contribution in [0.4, 0.5) is 5.13 Å². The molecule has 3 aromatic rings. The maximum atomic E-state index is 12.5. The van der Waals surface area contributed by atoms with Gasteiger partial charge in [0.25, 0.3) is 15.9 Å². The molecule has 0 saturated carbocycles. The lowest BCUT2D eigenvalue weighted by Gasteiger charge is -2.12. The molecule has 1 amide bonds. The van der Waals surface area contributed by atoms with Gasteiger partial charge in [-0.25, -0.2) is 13.1 Å². The highest BCUT2D eigenvalue weighted by Gasteiger charge is 2.24. The van der Waals surface area contributed by atoms with E-state index in [1.165, 1.54) is 0 Å². The summed E-state index contributed by atoms with van der Waals surface area (Å²) in [6.45, 7) is 3.56. The normalized spacial score (nSPS) is 12.5. The largest absolute Gasteiger partial charge is 0.296 e. The van der Waals surface area contributed by atoms with E-state index in [9.17, 15) is 13.2 Å². The van der Waals surface area contributed by atoms with E-state index in [0.29, 0.717) is 5.56 Å². The number of hydrogen-bond acceptors (Lipinski definition) is 6. The summed E-state index contributed by atoms with van der Waals surface area (Å²) in [6.07, 6.45) is 0. The first-order valence-corrected chi connectivity index (χ1v) is 10.4. The number of anilines is 1. The number of nitrogens with zero attached hydrogens (tertiary/aromatic N) is 2. The summed E-state index contributed by atoms with van der Waals surface area (Å²) in [5.41, 5.74) is 2.14. The highest BCUT2D eigenvalue weighted by atomic mass is 32.2. The number of benzene rings is 2. The minimum absolute atomic E-state index is 0.121. The number of sulfonamides is 1. The van der Waals surface area contributed by atoms with E-state index in [1.807, 2.05) is 49.4 Å². The molecule has 27 heavy (non-hydrogen) atoms. The zero-order chi connectivity index (χ0) is 19.4. The first-order chi connectivity index (χ1) is 12.9. The molecule has 0 aliphatic carbocycles. The summed E-state index contributed by atoms with van der Waals surface area (Å²) in [4.78, 5) is 12.3.